The topological polar surface area (TPSA) is 88.1 Å². The maximum Gasteiger partial charge on any atom is 0.394 e. The SMILES string of the molecule is COc1ccc(CNC(=O)N2C[C@@H](C(F)(F)F)[C@H](C(=O)O)C2)cc1OC. The summed E-state index contributed by atoms with van der Waals surface area (Å²) >= 11 is 0. The number of methoxy groups -OCH3 is 2. The van der Waals surface area contributed by atoms with Gasteiger partial charge in [0.1, 0.15) is 0 Å². The first kappa shape index (κ1) is 19.7. The monoisotopic (exact) mass is 376 g/mol. The number of hydrogen-bond acceptors (Lipinski definition) is 4. The molecule has 1 heterocycles. The summed E-state index contributed by atoms with van der Waals surface area (Å²) in [4.78, 5) is 24.1. The number of carbonyl (C=O) groups is 2. The maximum absolute atomic E-state index is 13.0. The Morgan fingerprint density at radius 3 is 2.38 bits per heavy atom. The van der Waals surface area contributed by atoms with Gasteiger partial charge in [-0.25, -0.2) is 4.79 Å². The number of carboxylic acids is 1. The van der Waals surface area contributed by atoms with Crippen molar-refractivity contribution < 1.29 is 37.3 Å². The van der Waals surface area contributed by atoms with Crippen LogP contribution in [0, 0.1) is 11.8 Å². The van der Waals surface area contributed by atoms with E-state index in [1.54, 1.807) is 18.2 Å². The number of alkyl halides is 3. The number of amides is 2. The summed E-state index contributed by atoms with van der Waals surface area (Å²) in [6.07, 6.45) is -4.68. The van der Waals surface area contributed by atoms with E-state index in [1.807, 2.05) is 0 Å². The van der Waals surface area contributed by atoms with Gasteiger partial charge < -0.3 is 24.8 Å². The zero-order valence-corrected chi connectivity index (χ0v) is 14.2. The summed E-state index contributed by atoms with van der Waals surface area (Å²) in [5, 5.41) is 11.5. The number of halogens is 3. The molecule has 1 fully saturated rings. The number of carboxylic acid groups (broad SMARTS) is 1. The second-order valence-corrected chi connectivity index (χ2v) is 5.85. The van der Waals surface area contributed by atoms with Gasteiger partial charge in [-0.3, -0.25) is 4.79 Å². The third-order valence-electron chi connectivity index (χ3n) is 4.24. The molecule has 2 atom stereocenters. The molecular weight excluding hydrogens is 357 g/mol. The molecule has 2 rings (SSSR count). The largest absolute Gasteiger partial charge is 0.493 e. The molecule has 2 amide bonds. The Bertz CT molecular complexity index is 680. The van der Waals surface area contributed by atoms with Gasteiger partial charge in [0.2, 0.25) is 0 Å². The molecule has 2 N–H and O–H groups in total. The zero-order chi connectivity index (χ0) is 19.5. The minimum absolute atomic E-state index is 0.0457. The van der Waals surface area contributed by atoms with Crippen LogP contribution in [0.5, 0.6) is 11.5 Å². The summed E-state index contributed by atoms with van der Waals surface area (Å²) < 4.78 is 49.1. The van der Waals surface area contributed by atoms with Crippen molar-refractivity contribution in [3.8, 4) is 11.5 Å². The molecule has 0 aromatic heterocycles. The number of rotatable bonds is 5. The van der Waals surface area contributed by atoms with Crippen molar-refractivity contribution in [3.05, 3.63) is 23.8 Å². The van der Waals surface area contributed by atoms with Gasteiger partial charge in [-0.05, 0) is 17.7 Å². The summed E-state index contributed by atoms with van der Waals surface area (Å²) in [5.74, 6) is -4.36. The van der Waals surface area contributed by atoms with Gasteiger partial charge in [0, 0.05) is 19.6 Å². The number of hydrogen-bond donors (Lipinski definition) is 2. The quantitative estimate of drug-likeness (QED) is 0.822. The van der Waals surface area contributed by atoms with E-state index in [0.29, 0.717) is 17.1 Å². The molecule has 1 aromatic rings. The Kier molecular flexibility index (Phi) is 5.83. The summed E-state index contributed by atoms with van der Waals surface area (Å²) in [5.41, 5.74) is 0.650. The molecule has 1 saturated heterocycles. The van der Waals surface area contributed by atoms with Crippen molar-refractivity contribution in [1.82, 2.24) is 10.2 Å². The van der Waals surface area contributed by atoms with E-state index >= 15 is 0 Å². The highest BCUT2D eigenvalue weighted by Crippen LogP contribution is 2.37. The molecule has 0 unspecified atom stereocenters. The van der Waals surface area contributed by atoms with Gasteiger partial charge in [-0.1, -0.05) is 6.07 Å². The third-order valence-corrected chi connectivity index (χ3v) is 4.24. The Hall–Kier alpha value is -2.65. The smallest absolute Gasteiger partial charge is 0.394 e. The average molecular weight is 376 g/mol. The maximum atomic E-state index is 13.0. The van der Waals surface area contributed by atoms with Crippen LogP contribution in [0.4, 0.5) is 18.0 Å². The fourth-order valence-electron chi connectivity index (χ4n) is 2.83. The fraction of sp³-hybridized carbons (Fsp3) is 0.500. The van der Waals surface area contributed by atoms with E-state index in [9.17, 15) is 22.8 Å². The normalized spacial score (nSPS) is 20.0. The van der Waals surface area contributed by atoms with Crippen molar-refractivity contribution in [3.63, 3.8) is 0 Å². The van der Waals surface area contributed by atoms with Crippen molar-refractivity contribution >= 4 is 12.0 Å². The molecule has 7 nitrogen and oxygen atoms in total. The van der Waals surface area contributed by atoms with Crippen LogP contribution in [0.1, 0.15) is 5.56 Å². The summed E-state index contributed by atoms with van der Waals surface area (Å²) in [7, 11) is 2.93. The van der Waals surface area contributed by atoms with Gasteiger partial charge in [-0.2, -0.15) is 13.2 Å². The Labute approximate surface area is 147 Å². The van der Waals surface area contributed by atoms with Crippen LogP contribution >= 0.6 is 0 Å². The summed E-state index contributed by atoms with van der Waals surface area (Å²) in [6.45, 7) is -1.13. The molecular formula is C16H19F3N2O5. The summed E-state index contributed by atoms with van der Waals surface area (Å²) in [6, 6.07) is 4.18. The van der Waals surface area contributed by atoms with Crippen molar-refractivity contribution in [2.75, 3.05) is 27.3 Å². The predicted molar refractivity (Wildman–Crippen MR) is 84.0 cm³/mol. The van der Waals surface area contributed by atoms with E-state index in [-0.39, 0.29) is 6.54 Å². The van der Waals surface area contributed by atoms with Crippen LogP contribution in [-0.2, 0) is 11.3 Å². The number of nitrogens with zero attached hydrogens (tertiary/aromatic N) is 1. The van der Waals surface area contributed by atoms with E-state index in [1.165, 1.54) is 14.2 Å². The number of ether oxygens (including phenoxy) is 2. The lowest BCUT2D eigenvalue weighted by Gasteiger charge is -2.19. The van der Waals surface area contributed by atoms with Crippen LogP contribution in [0.2, 0.25) is 0 Å². The van der Waals surface area contributed by atoms with Gasteiger partial charge in [0.25, 0.3) is 0 Å². The van der Waals surface area contributed by atoms with Crippen LogP contribution in [-0.4, -0.2) is 55.5 Å². The first-order chi connectivity index (χ1) is 12.2. The van der Waals surface area contributed by atoms with E-state index in [0.717, 1.165) is 4.90 Å². The highest BCUT2D eigenvalue weighted by Gasteiger charge is 2.53. The van der Waals surface area contributed by atoms with Crippen LogP contribution in [0.3, 0.4) is 0 Å². The molecule has 1 aromatic carbocycles. The molecule has 1 aliphatic rings. The van der Waals surface area contributed by atoms with Gasteiger partial charge >= 0.3 is 18.2 Å². The highest BCUT2D eigenvalue weighted by molar-refractivity contribution is 5.77. The number of benzene rings is 1. The standard InChI is InChI=1S/C16H19F3N2O5/c1-25-12-4-3-9(5-13(12)26-2)6-20-15(24)21-7-10(14(22)23)11(8-21)16(17,18)19/h3-5,10-11H,6-8H2,1-2H3,(H,20,24)(H,22,23)/t10-,11-/m1/s1. The third kappa shape index (κ3) is 4.30. The van der Waals surface area contributed by atoms with Crippen LogP contribution < -0.4 is 14.8 Å². The molecule has 26 heavy (non-hydrogen) atoms. The lowest BCUT2D eigenvalue weighted by atomic mass is 9.96. The Morgan fingerprint density at radius 1 is 1.23 bits per heavy atom. The van der Waals surface area contributed by atoms with Gasteiger partial charge in [0.15, 0.2) is 11.5 Å². The van der Waals surface area contributed by atoms with Crippen LogP contribution in [0.15, 0.2) is 18.2 Å². The second-order valence-electron chi connectivity index (χ2n) is 5.85. The Balaban J connectivity index is 2.01. The van der Waals surface area contributed by atoms with Crippen molar-refractivity contribution in [1.29, 1.82) is 0 Å². The van der Waals surface area contributed by atoms with E-state index < -0.39 is 43.1 Å². The fourth-order valence-corrected chi connectivity index (χ4v) is 2.83. The molecule has 0 spiro atoms. The average Bonchev–Trinajstić information content (AvgIpc) is 3.05. The molecule has 0 bridgehead atoms. The lowest BCUT2D eigenvalue weighted by Crippen LogP contribution is -2.39. The molecule has 0 aliphatic carbocycles. The van der Waals surface area contributed by atoms with Crippen LogP contribution in [0.25, 0.3) is 0 Å². The van der Waals surface area contributed by atoms with Crippen molar-refractivity contribution in [2.24, 2.45) is 11.8 Å². The first-order valence-corrected chi connectivity index (χ1v) is 7.70. The number of likely N-dealkylation sites (tertiary alicyclic amines) is 1. The lowest BCUT2D eigenvalue weighted by molar-refractivity contribution is -0.187. The number of carbonyl (C=O) groups excluding carboxylic acids is 1. The molecule has 1 aliphatic heterocycles. The minimum atomic E-state index is -4.68. The molecule has 10 heteroatoms. The zero-order valence-electron chi connectivity index (χ0n) is 14.2. The van der Waals surface area contributed by atoms with E-state index in [4.69, 9.17) is 14.6 Å². The number of urea groups is 1. The number of aliphatic carboxylic acids is 1. The van der Waals surface area contributed by atoms with Crippen molar-refractivity contribution in [2.45, 2.75) is 12.7 Å². The molecule has 0 radical (unpaired) electrons. The minimum Gasteiger partial charge on any atom is -0.493 e. The van der Waals surface area contributed by atoms with Gasteiger partial charge in [-0.15, -0.1) is 0 Å². The van der Waals surface area contributed by atoms with E-state index in [2.05, 4.69) is 5.32 Å². The molecule has 0 saturated carbocycles. The number of nitrogens with one attached hydrogen (secondary N) is 1. The predicted octanol–water partition coefficient (Wildman–Crippen LogP) is 2.11. The highest BCUT2D eigenvalue weighted by atomic mass is 19.4. The second kappa shape index (κ2) is 7.71. The van der Waals surface area contributed by atoms with Gasteiger partial charge in [0.05, 0.1) is 26.1 Å². The molecule has 144 valence electrons. The Morgan fingerprint density at radius 2 is 1.88 bits per heavy atom. The first-order valence-electron chi connectivity index (χ1n) is 7.70.